The van der Waals surface area contributed by atoms with Gasteiger partial charge in [-0.2, -0.15) is 8.78 Å². The summed E-state index contributed by atoms with van der Waals surface area (Å²) in [6.07, 6.45) is 3.57. The summed E-state index contributed by atoms with van der Waals surface area (Å²) >= 11 is 6.49. The van der Waals surface area contributed by atoms with Gasteiger partial charge in [0.15, 0.2) is 0 Å². The minimum atomic E-state index is -2.84. The van der Waals surface area contributed by atoms with E-state index in [2.05, 4.69) is 36.6 Å². The van der Waals surface area contributed by atoms with Crippen LogP contribution in [0.2, 0.25) is 0 Å². The molecule has 21 heavy (non-hydrogen) atoms. The Morgan fingerprint density at radius 3 is 2.24 bits per heavy atom. The predicted octanol–water partition coefficient (Wildman–Crippen LogP) is 5.69. The van der Waals surface area contributed by atoms with E-state index in [1.807, 2.05) is 0 Å². The van der Waals surface area contributed by atoms with Gasteiger partial charge in [0.25, 0.3) is 0 Å². The van der Waals surface area contributed by atoms with Crippen LogP contribution in [0.3, 0.4) is 0 Å². The number of aromatic hydroxyl groups is 1. The number of hydrogen-bond acceptors (Lipinski definition) is 2. The van der Waals surface area contributed by atoms with E-state index in [-0.39, 0.29) is 11.5 Å². The molecule has 0 saturated heterocycles. The van der Waals surface area contributed by atoms with E-state index in [4.69, 9.17) is 0 Å². The highest BCUT2D eigenvalue weighted by molar-refractivity contribution is 9.11. The molecule has 0 aliphatic rings. The molecule has 110 valence electrons. The van der Waals surface area contributed by atoms with Crippen molar-refractivity contribution >= 4 is 44.0 Å². The smallest absolute Gasteiger partial charge is 0.387 e. The van der Waals surface area contributed by atoms with Crippen LogP contribution >= 0.6 is 31.9 Å². The van der Waals surface area contributed by atoms with Crippen LogP contribution < -0.4 is 4.74 Å². The second-order valence-corrected chi connectivity index (χ2v) is 5.83. The second kappa shape index (κ2) is 7.04. The summed E-state index contributed by atoms with van der Waals surface area (Å²) in [5, 5.41) is 9.63. The Bertz CT molecular complexity index is 649. The highest BCUT2D eigenvalue weighted by Crippen LogP contribution is 2.33. The number of hydrogen-bond donors (Lipinski definition) is 1. The van der Waals surface area contributed by atoms with Crippen molar-refractivity contribution in [3.63, 3.8) is 0 Å². The Balaban J connectivity index is 2.21. The molecule has 0 radical (unpaired) electrons. The van der Waals surface area contributed by atoms with Crippen molar-refractivity contribution in [2.75, 3.05) is 0 Å². The number of halogens is 4. The predicted molar refractivity (Wildman–Crippen MR) is 85.5 cm³/mol. The third kappa shape index (κ3) is 4.54. The van der Waals surface area contributed by atoms with Crippen molar-refractivity contribution in [2.24, 2.45) is 0 Å². The molecule has 0 amide bonds. The Morgan fingerprint density at radius 2 is 1.62 bits per heavy atom. The fourth-order valence-corrected chi connectivity index (χ4v) is 2.89. The lowest BCUT2D eigenvalue weighted by Crippen LogP contribution is -2.01. The van der Waals surface area contributed by atoms with E-state index >= 15 is 0 Å². The number of rotatable bonds is 4. The van der Waals surface area contributed by atoms with Crippen molar-refractivity contribution in [3.8, 4) is 11.5 Å². The van der Waals surface area contributed by atoms with Crippen LogP contribution in [0.25, 0.3) is 12.2 Å². The summed E-state index contributed by atoms with van der Waals surface area (Å²) in [5.41, 5.74) is 1.57. The molecule has 0 heterocycles. The molecule has 2 rings (SSSR count). The second-order valence-electron chi connectivity index (χ2n) is 4.12. The Hall–Kier alpha value is -1.40. The minimum absolute atomic E-state index is 0.111. The van der Waals surface area contributed by atoms with Gasteiger partial charge in [-0.15, -0.1) is 0 Å². The first kappa shape index (κ1) is 16.0. The maximum Gasteiger partial charge on any atom is 0.387 e. The quantitative estimate of drug-likeness (QED) is 0.645. The van der Waals surface area contributed by atoms with Gasteiger partial charge < -0.3 is 9.84 Å². The van der Waals surface area contributed by atoms with Crippen LogP contribution in [0.15, 0.2) is 45.3 Å². The zero-order valence-electron chi connectivity index (χ0n) is 10.6. The fourth-order valence-electron chi connectivity index (χ4n) is 1.67. The van der Waals surface area contributed by atoms with Crippen LogP contribution in [-0.2, 0) is 0 Å². The summed E-state index contributed by atoms with van der Waals surface area (Å²) in [6, 6.07) is 9.90. The Kier molecular flexibility index (Phi) is 5.36. The van der Waals surface area contributed by atoms with Crippen molar-refractivity contribution in [1.29, 1.82) is 0 Å². The van der Waals surface area contributed by atoms with Crippen molar-refractivity contribution < 1.29 is 18.6 Å². The number of phenolic OH excluding ortho intramolecular Hbond substituents is 1. The summed E-state index contributed by atoms with van der Waals surface area (Å²) < 4.78 is 29.8. The number of alkyl halides is 2. The molecule has 2 nitrogen and oxygen atoms in total. The van der Waals surface area contributed by atoms with Crippen LogP contribution in [0.4, 0.5) is 8.78 Å². The van der Waals surface area contributed by atoms with E-state index in [1.165, 1.54) is 12.1 Å². The van der Waals surface area contributed by atoms with Gasteiger partial charge in [0.1, 0.15) is 11.5 Å². The zero-order chi connectivity index (χ0) is 15.4. The average Bonchev–Trinajstić information content (AvgIpc) is 2.42. The molecule has 0 bridgehead atoms. The van der Waals surface area contributed by atoms with E-state index in [1.54, 1.807) is 36.4 Å². The molecule has 2 aromatic rings. The molecule has 1 N–H and O–H groups in total. The van der Waals surface area contributed by atoms with Gasteiger partial charge in [-0.1, -0.05) is 24.3 Å². The average molecular weight is 420 g/mol. The van der Waals surface area contributed by atoms with Gasteiger partial charge in [-0.25, -0.2) is 0 Å². The van der Waals surface area contributed by atoms with Gasteiger partial charge in [0.05, 0.1) is 8.95 Å². The normalized spacial score (nSPS) is 11.3. The van der Waals surface area contributed by atoms with Gasteiger partial charge in [-0.05, 0) is 67.3 Å². The molecule has 0 spiro atoms. The maximum absolute atomic E-state index is 12.2. The lowest BCUT2D eigenvalue weighted by Gasteiger charge is -2.05. The van der Waals surface area contributed by atoms with Crippen LogP contribution in [0.1, 0.15) is 11.1 Å². The Labute approximate surface area is 137 Å². The molecular weight excluding hydrogens is 410 g/mol. The van der Waals surface area contributed by atoms with E-state index in [0.717, 1.165) is 11.1 Å². The van der Waals surface area contributed by atoms with Crippen LogP contribution in [-0.4, -0.2) is 11.7 Å². The Morgan fingerprint density at radius 1 is 1.00 bits per heavy atom. The van der Waals surface area contributed by atoms with E-state index < -0.39 is 6.61 Å². The van der Waals surface area contributed by atoms with Crippen molar-refractivity contribution in [2.45, 2.75) is 6.61 Å². The topological polar surface area (TPSA) is 29.5 Å². The first-order valence-corrected chi connectivity index (χ1v) is 7.45. The van der Waals surface area contributed by atoms with Gasteiger partial charge in [-0.3, -0.25) is 0 Å². The number of benzene rings is 2. The fraction of sp³-hybridized carbons (Fsp3) is 0.0667. The summed E-state index contributed by atoms with van der Waals surface area (Å²) in [7, 11) is 0. The number of phenols is 1. The highest BCUT2D eigenvalue weighted by atomic mass is 79.9. The molecule has 0 atom stereocenters. The maximum atomic E-state index is 12.2. The molecule has 0 aliphatic carbocycles. The third-order valence-electron chi connectivity index (χ3n) is 2.59. The third-order valence-corrected chi connectivity index (χ3v) is 3.80. The molecule has 2 aromatic carbocycles. The SMILES string of the molecule is Oc1c(Br)cc(/C=C/c2cccc(OC(F)F)c2)cc1Br. The zero-order valence-corrected chi connectivity index (χ0v) is 13.7. The first-order chi connectivity index (χ1) is 9.95. The standard InChI is InChI=1S/C15H10Br2F2O2/c16-12-7-10(8-13(17)14(12)20)5-4-9-2-1-3-11(6-9)21-15(18)19/h1-8,15,20H/b5-4+. The van der Waals surface area contributed by atoms with E-state index in [0.29, 0.717) is 8.95 Å². The summed E-state index contributed by atoms with van der Waals surface area (Å²) in [5.74, 6) is 0.236. The monoisotopic (exact) mass is 418 g/mol. The summed E-state index contributed by atoms with van der Waals surface area (Å²) in [6.45, 7) is -2.84. The lowest BCUT2D eigenvalue weighted by molar-refractivity contribution is -0.0498. The van der Waals surface area contributed by atoms with Crippen molar-refractivity contribution in [1.82, 2.24) is 0 Å². The molecule has 0 saturated carbocycles. The van der Waals surface area contributed by atoms with Gasteiger partial charge in [0.2, 0.25) is 0 Å². The first-order valence-electron chi connectivity index (χ1n) is 5.86. The minimum Gasteiger partial charge on any atom is -0.506 e. The van der Waals surface area contributed by atoms with Crippen LogP contribution in [0, 0.1) is 0 Å². The largest absolute Gasteiger partial charge is 0.506 e. The molecule has 0 fully saturated rings. The molecular formula is C15H10Br2F2O2. The van der Waals surface area contributed by atoms with Crippen molar-refractivity contribution in [3.05, 3.63) is 56.5 Å². The lowest BCUT2D eigenvalue weighted by atomic mass is 10.1. The molecule has 0 aromatic heterocycles. The van der Waals surface area contributed by atoms with Gasteiger partial charge >= 0.3 is 6.61 Å². The molecule has 0 aliphatic heterocycles. The molecule has 0 unspecified atom stereocenters. The van der Waals surface area contributed by atoms with Gasteiger partial charge in [0, 0.05) is 0 Å². The highest BCUT2D eigenvalue weighted by Gasteiger charge is 2.05. The number of ether oxygens (including phenoxy) is 1. The van der Waals surface area contributed by atoms with Crippen LogP contribution in [0.5, 0.6) is 11.5 Å². The van der Waals surface area contributed by atoms with E-state index in [9.17, 15) is 13.9 Å². The summed E-state index contributed by atoms with van der Waals surface area (Å²) in [4.78, 5) is 0. The molecule has 6 heteroatoms.